The lowest BCUT2D eigenvalue weighted by molar-refractivity contribution is 1.02. The smallest absolute Gasteiger partial charge is 0.103 e. The molecule has 2 heterocycles. The van der Waals surface area contributed by atoms with Gasteiger partial charge in [-0.2, -0.15) is 5.26 Å². The molecule has 0 aliphatic rings. The number of nitriles is 1. The van der Waals surface area contributed by atoms with Crippen LogP contribution in [0.3, 0.4) is 0 Å². The summed E-state index contributed by atoms with van der Waals surface area (Å²) in [5.41, 5.74) is 3.31. The number of aromatic nitrogens is 2. The molecule has 0 aliphatic heterocycles. The van der Waals surface area contributed by atoms with Gasteiger partial charge < -0.3 is 5.32 Å². The number of anilines is 1. The predicted octanol–water partition coefficient (Wildman–Crippen LogP) is 3.81. The van der Waals surface area contributed by atoms with Gasteiger partial charge in [-0.3, -0.25) is 9.97 Å². The number of nitrogens with one attached hydrogen (secondary N) is 1. The van der Waals surface area contributed by atoms with Crippen molar-refractivity contribution >= 4 is 28.2 Å². The van der Waals surface area contributed by atoms with Gasteiger partial charge in [0.1, 0.15) is 6.07 Å². The standard InChI is InChI=1S/C17H13ClN4/c18-14-3-1-12(2-4-14)5-8-21-17-13(9-19)10-22-16-11-20-7-6-15(16)17/h1-4,6-7,10-11H,5,8H2,(H,21,22). The van der Waals surface area contributed by atoms with Crippen molar-refractivity contribution in [1.29, 1.82) is 5.26 Å². The molecule has 1 N–H and O–H groups in total. The molecule has 0 spiro atoms. The molecule has 1 aromatic carbocycles. The highest BCUT2D eigenvalue weighted by Crippen LogP contribution is 2.24. The highest BCUT2D eigenvalue weighted by molar-refractivity contribution is 6.30. The van der Waals surface area contributed by atoms with Gasteiger partial charge in [-0.05, 0) is 30.2 Å². The Labute approximate surface area is 133 Å². The highest BCUT2D eigenvalue weighted by Gasteiger charge is 2.08. The summed E-state index contributed by atoms with van der Waals surface area (Å²) < 4.78 is 0. The summed E-state index contributed by atoms with van der Waals surface area (Å²) >= 11 is 5.88. The van der Waals surface area contributed by atoms with Crippen LogP contribution in [0.25, 0.3) is 10.9 Å². The average molecular weight is 309 g/mol. The lowest BCUT2D eigenvalue weighted by Crippen LogP contribution is -2.07. The third-order valence-corrected chi connectivity index (χ3v) is 3.67. The number of fused-ring (bicyclic) bond motifs is 1. The fraction of sp³-hybridized carbons (Fsp3) is 0.118. The van der Waals surface area contributed by atoms with Crippen molar-refractivity contribution in [1.82, 2.24) is 9.97 Å². The van der Waals surface area contributed by atoms with Crippen molar-refractivity contribution < 1.29 is 0 Å². The first-order valence-electron chi connectivity index (χ1n) is 6.89. The van der Waals surface area contributed by atoms with E-state index in [0.29, 0.717) is 5.56 Å². The zero-order chi connectivity index (χ0) is 15.4. The third kappa shape index (κ3) is 3.00. The van der Waals surface area contributed by atoms with E-state index >= 15 is 0 Å². The van der Waals surface area contributed by atoms with E-state index in [1.807, 2.05) is 30.3 Å². The molecule has 0 bridgehead atoms. The van der Waals surface area contributed by atoms with Crippen LogP contribution in [-0.4, -0.2) is 16.5 Å². The van der Waals surface area contributed by atoms with Gasteiger partial charge in [0.25, 0.3) is 0 Å². The molecule has 0 radical (unpaired) electrons. The summed E-state index contributed by atoms with van der Waals surface area (Å²) in [6.07, 6.45) is 5.82. The van der Waals surface area contributed by atoms with Crippen molar-refractivity contribution in [3.8, 4) is 6.07 Å². The van der Waals surface area contributed by atoms with Crippen molar-refractivity contribution in [3.63, 3.8) is 0 Å². The first-order valence-corrected chi connectivity index (χ1v) is 7.27. The third-order valence-electron chi connectivity index (χ3n) is 3.42. The lowest BCUT2D eigenvalue weighted by atomic mass is 10.1. The van der Waals surface area contributed by atoms with E-state index in [0.717, 1.165) is 34.6 Å². The Morgan fingerprint density at radius 1 is 1.14 bits per heavy atom. The normalized spacial score (nSPS) is 10.4. The minimum atomic E-state index is 0.537. The Kier molecular flexibility index (Phi) is 4.17. The zero-order valence-electron chi connectivity index (χ0n) is 11.8. The monoisotopic (exact) mass is 308 g/mol. The molecule has 22 heavy (non-hydrogen) atoms. The van der Waals surface area contributed by atoms with Crippen LogP contribution in [-0.2, 0) is 6.42 Å². The van der Waals surface area contributed by atoms with E-state index in [4.69, 9.17) is 11.6 Å². The number of benzene rings is 1. The van der Waals surface area contributed by atoms with Gasteiger partial charge in [-0.25, -0.2) is 0 Å². The minimum Gasteiger partial charge on any atom is -0.383 e. The van der Waals surface area contributed by atoms with Gasteiger partial charge in [-0.1, -0.05) is 23.7 Å². The van der Waals surface area contributed by atoms with Gasteiger partial charge in [0.15, 0.2) is 0 Å². The molecule has 108 valence electrons. The molecule has 0 atom stereocenters. The van der Waals surface area contributed by atoms with Crippen LogP contribution in [0.4, 0.5) is 5.69 Å². The molecule has 0 saturated carbocycles. The molecule has 5 heteroatoms. The first kappa shape index (κ1) is 14.3. The van der Waals surface area contributed by atoms with E-state index in [1.54, 1.807) is 18.6 Å². The Morgan fingerprint density at radius 2 is 1.95 bits per heavy atom. The van der Waals surface area contributed by atoms with E-state index in [-0.39, 0.29) is 0 Å². The van der Waals surface area contributed by atoms with E-state index in [9.17, 15) is 5.26 Å². The fourth-order valence-corrected chi connectivity index (χ4v) is 2.43. The summed E-state index contributed by atoms with van der Waals surface area (Å²) in [5, 5.41) is 14.3. The second kappa shape index (κ2) is 6.42. The summed E-state index contributed by atoms with van der Waals surface area (Å²) in [4.78, 5) is 8.31. The fourth-order valence-electron chi connectivity index (χ4n) is 2.30. The molecule has 0 amide bonds. The molecule has 0 aliphatic carbocycles. The molecular weight excluding hydrogens is 296 g/mol. The summed E-state index contributed by atoms with van der Waals surface area (Å²) in [6.45, 7) is 0.720. The number of halogens is 1. The van der Waals surface area contributed by atoms with Crippen molar-refractivity contribution in [2.45, 2.75) is 6.42 Å². The van der Waals surface area contributed by atoms with Gasteiger partial charge >= 0.3 is 0 Å². The van der Waals surface area contributed by atoms with Crippen LogP contribution in [0.15, 0.2) is 48.9 Å². The second-order valence-electron chi connectivity index (χ2n) is 4.85. The maximum Gasteiger partial charge on any atom is 0.103 e. The van der Waals surface area contributed by atoms with Gasteiger partial charge in [0, 0.05) is 29.3 Å². The second-order valence-corrected chi connectivity index (χ2v) is 5.29. The maximum atomic E-state index is 9.26. The molecule has 0 unspecified atom stereocenters. The van der Waals surface area contributed by atoms with Gasteiger partial charge in [-0.15, -0.1) is 0 Å². The minimum absolute atomic E-state index is 0.537. The van der Waals surface area contributed by atoms with Crippen molar-refractivity contribution in [3.05, 3.63) is 65.1 Å². The summed E-state index contributed by atoms with van der Waals surface area (Å²) in [5.74, 6) is 0. The summed E-state index contributed by atoms with van der Waals surface area (Å²) in [7, 11) is 0. The zero-order valence-corrected chi connectivity index (χ0v) is 12.5. The SMILES string of the molecule is N#Cc1cnc2cnccc2c1NCCc1ccc(Cl)cc1. The van der Waals surface area contributed by atoms with Crippen LogP contribution in [0.1, 0.15) is 11.1 Å². The Morgan fingerprint density at radius 3 is 2.73 bits per heavy atom. The van der Waals surface area contributed by atoms with E-state index in [2.05, 4.69) is 21.4 Å². The molecular formula is C17H13ClN4. The highest BCUT2D eigenvalue weighted by atomic mass is 35.5. The largest absolute Gasteiger partial charge is 0.383 e. The van der Waals surface area contributed by atoms with Crippen LogP contribution in [0.5, 0.6) is 0 Å². The maximum absolute atomic E-state index is 9.26. The van der Waals surface area contributed by atoms with Gasteiger partial charge in [0.2, 0.25) is 0 Å². The van der Waals surface area contributed by atoms with Crippen LogP contribution >= 0.6 is 11.6 Å². The number of hydrogen-bond acceptors (Lipinski definition) is 4. The van der Waals surface area contributed by atoms with E-state index < -0.39 is 0 Å². The van der Waals surface area contributed by atoms with Crippen molar-refractivity contribution in [2.24, 2.45) is 0 Å². The Bertz CT molecular complexity index is 837. The van der Waals surface area contributed by atoms with E-state index in [1.165, 1.54) is 5.56 Å². The number of pyridine rings is 2. The van der Waals surface area contributed by atoms with Crippen LogP contribution in [0, 0.1) is 11.3 Å². The molecule has 0 fully saturated rings. The number of rotatable bonds is 4. The predicted molar refractivity (Wildman–Crippen MR) is 87.9 cm³/mol. The van der Waals surface area contributed by atoms with Crippen LogP contribution in [0.2, 0.25) is 5.02 Å². The average Bonchev–Trinajstić information content (AvgIpc) is 2.56. The number of hydrogen-bond donors (Lipinski definition) is 1. The molecule has 2 aromatic heterocycles. The molecule has 4 nitrogen and oxygen atoms in total. The summed E-state index contributed by atoms with van der Waals surface area (Å²) in [6, 6.07) is 11.8. The molecule has 0 saturated heterocycles. The quantitative estimate of drug-likeness (QED) is 0.796. The Balaban J connectivity index is 1.81. The molecule has 3 rings (SSSR count). The topological polar surface area (TPSA) is 61.6 Å². The Hall–Kier alpha value is -2.64. The van der Waals surface area contributed by atoms with Crippen molar-refractivity contribution in [2.75, 3.05) is 11.9 Å². The first-order chi connectivity index (χ1) is 10.8. The number of nitrogens with zero attached hydrogens (tertiary/aromatic N) is 3. The van der Waals surface area contributed by atoms with Gasteiger partial charge in [0.05, 0.1) is 23.0 Å². The molecule has 3 aromatic rings. The van der Waals surface area contributed by atoms with Crippen LogP contribution < -0.4 is 5.32 Å². The lowest BCUT2D eigenvalue weighted by Gasteiger charge is -2.11.